The van der Waals surface area contributed by atoms with Crippen molar-refractivity contribution in [2.75, 3.05) is 0 Å². The van der Waals surface area contributed by atoms with Gasteiger partial charge in [0.2, 0.25) is 0 Å². The van der Waals surface area contributed by atoms with Gasteiger partial charge in [-0.25, -0.2) is 4.98 Å². The molecule has 0 aromatic carbocycles. The highest BCUT2D eigenvalue weighted by Crippen LogP contribution is 2.16. The molecule has 1 N–H and O–H groups in total. The summed E-state index contributed by atoms with van der Waals surface area (Å²) in [6.45, 7) is 3.53. The highest BCUT2D eigenvalue weighted by Gasteiger charge is 2.07. The maximum Gasteiger partial charge on any atom is 0.254 e. The van der Waals surface area contributed by atoms with Crippen LogP contribution in [0.2, 0.25) is 0 Å². The fourth-order valence-electron chi connectivity index (χ4n) is 1.44. The molecule has 2 aromatic heterocycles. The van der Waals surface area contributed by atoms with Crippen LogP contribution in [0.25, 0.3) is 11.3 Å². The summed E-state index contributed by atoms with van der Waals surface area (Å²) < 4.78 is 0. The number of nitrogens with zero attached hydrogens (tertiary/aromatic N) is 2. The second-order valence-corrected chi connectivity index (χ2v) is 3.36. The van der Waals surface area contributed by atoms with Crippen molar-refractivity contribution in [2.45, 2.75) is 13.8 Å². The van der Waals surface area contributed by atoms with E-state index in [0.29, 0.717) is 11.4 Å². The van der Waals surface area contributed by atoms with Crippen LogP contribution in [0.15, 0.2) is 29.3 Å². The lowest BCUT2D eigenvalue weighted by atomic mass is 10.1. The van der Waals surface area contributed by atoms with Gasteiger partial charge in [-0.15, -0.1) is 0 Å². The van der Waals surface area contributed by atoms with E-state index in [1.54, 1.807) is 26.2 Å². The van der Waals surface area contributed by atoms with E-state index in [9.17, 15) is 4.79 Å². The second kappa shape index (κ2) is 3.65. The van der Waals surface area contributed by atoms with Crippen molar-refractivity contribution in [3.8, 4) is 11.3 Å². The quantitative estimate of drug-likeness (QED) is 0.759. The van der Waals surface area contributed by atoms with Gasteiger partial charge in [0, 0.05) is 23.5 Å². The van der Waals surface area contributed by atoms with Gasteiger partial charge in [-0.1, -0.05) is 0 Å². The number of rotatable bonds is 1. The van der Waals surface area contributed by atoms with Crippen molar-refractivity contribution < 1.29 is 0 Å². The molecule has 0 fully saturated rings. The summed E-state index contributed by atoms with van der Waals surface area (Å²) >= 11 is 0. The Labute approximate surface area is 87.0 Å². The van der Waals surface area contributed by atoms with E-state index in [0.717, 1.165) is 11.3 Å². The maximum atomic E-state index is 11.5. The summed E-state index contributed by atoms with van der Waals surface area (Å²) in [5.74, 6) is 0.623. The number of aryl methyl sites for hydroxylation is 1. The number of H-pyrrole nitrogens is 1. The van der Waals surface area contributed by atoms with E-state index in [2.05, 4.69) is 15.0 Å². The summed E-state index contributed by atoms with van der Waals surface area (Å²) in [6.07, 6.45) is 3.37. The molecule has 15 heavy (non-hydrogen) atoms. The monoisotopic (exact) mass is 201 g/mol. The number of nitrogens with one attached hydrogen (secondary N) is 1. The largest absolute Gasteiger partial charge is 0.311 e. The predicted molar refractivity (Wildman–Crippen MR) is 57.6 cm³/mol. The fourth-order valence-corrected chi connectivity index (χ4v) is 1.44. The summed E-state index contributed by atoms with van der Waals surface area (Å²) in [7, 11) is 0. The topological polar surface area (TPSA) is 58.6 Å². The van der Waals surface area contributed by atoms with Crippen molar-refractivity contribution in [1.82, 2.24) is 15.0 Å². The normalized spacial score (nSPS) is 10.3. The molecule has 76 valence electrons. The maximum absolute atomic E-state index is 11.5. The van der Waals surface area contributed by atoms with Crippen LogP contribution in [0.4, 0.5) is 0 Å². The molecule has 0 spiro atoms. The first-order valence-corrected chi connectivity index (χ1v) is 4.66. The Hall–Kier alpha value is -1.97. The molecule has 0 atom stereocenters. The Kier molecular flexibility index (Phi) is 2.33. The number of aromatic nitrogens is 3. The van der Waals surface area contributed by atoms with Crippen LogP contribution < -0.4 is 5.56 Å². The van der Waals surface area contributed by atoms with E-state index in [1.165, 1.54) is 0 Å². The van der Waals surface area contributed by atoms with Gasteiger partial charge in [0.1, 0.15) is 5.82 Å². The molecule has 4 heteroatoms. The molecule has 0 aliphatic carbocycles. The molecule has 0 unspecified atom stereocenters. The summed E-state index contributed by atoms with van der Waals surface area (Å²) in [4.78, 5) is 22.4. The van der Waals surface area contributed by atoms with Gasteiger partial charge in [-0.3, -0.25) is 9.78 Å². The van der Waals surface area contributed by atoms with Crippen molar-refractivity contribution in [3.05, 3.63) is 46.3 Å². The highest BCUT2D eigenvalue weighted by atomic mass is 16.1. The van der Waals surface area contributed by atoms with Gasteiger partial charge in [0.25, 0.3) is 5.56 Å². The molecular formula is C11H11N3O. The van der Waals surface area contributed by atoms with Crippen molar-refractivity contribution in [2.24, 2.45) is 0 Å². The molecule has 4 nitrogen and oxygen atoms in total. The minimum absolute atomic E-state index is 0.0886. The van der Waals surface area contributed by atoms with Crippen LogP contribution in [-0.4, -0.2) is 15.0 Å². The van der Waals surface area contributed by atoms with Gasteiger partial charge in [-0.05, 0) is 26.0 Å². The first kappa shape index (κ1) is 9.58. The third-order valence-electron chi connectivity index (χ3n) is 2.22. The average molecular weight is 201 g/mol. The van der Waals surface area contributed by atoms with Crippen LogP contribution in [0.3, 0.4) is 0 Å². The molecule has 2 aromatic rings. The standard InChI is InChI=1S/C11H11N3O/c1-7-10(9-3-5-12-6-4-9)13-8(2)14-11(7)15/h3-6H,1-2H3,(H,13,14,15). The van der Waals surface area contributed by atoms with Crippen LogP contribution in [0, 0.1) is 13.8 Å². The summed E-state index contributed by atoms with van der Waals surface area (Å²) in [5, 5.41) is 0. The van der Waals surface area contributed by atoms with Crippen LogP contribution in [0.5, 0.6) is 0 Å². The van der Waals surface area contributed by atoms with E-state index in [4.69, 9.17) is 0 Å². The lowest BCUT2D eigenvalue weighted by Gasteiger charge is -2.04. The number of aromatic amines is 1. The lowest BCUT2D eigenvalue weighted by molar-refractivity contribution is 0.999. The summed E-state index contributed by atoms with van der Waals surface area (Å²) in [6, 6.07) is 3.68. The Morgan fingerprint density at radius 2 is 1.87 bits per heavy atom. The number of hydrogen-bond donors (Lipinski definition) is 1. The molecule has 0 bridgehead atoms. The number of pyridine rings is 1. The van der Waals surface area contributed by atoms with E-state index >= 15 is 0 Å². The van der Waals surface area contributed by atoms with Gasteiger partial charge in [-0.2, -0.15) is 0 Å². The minimum atomic E-state index is -0.0886. The van der Waals surface area contributed by atoms with Crippen LogP contribution >= 0.6 is 0 Å². The first-order valence-electron chi connectivity index (χ1n) is 4.66. The molecule has 0 saturated heterocycles. The van der Waals surface area contributed by atoms with Crippen LogP contribution in [-0.2, 0) is 0 Å². The van der Waals surface area contributed by atoms with E-state index in [-0.39, 0.29) is 5.56 Å². The van der Waals surface area contributed by atoms with Crippen molar-refractivity contribution in [3.63, 3.8) is 0 Å². The Morgan fingerprint density at radius 3 is 2.53 bits per heavy atom. The van der Waals surface area contributed by atoms with Gasteiger partial charge in [0.05, 0.1) is 5.69 Å². The molecule has 2 heterocycles. The zero-order valence-electron chi connectivity index (χ0n) is 8.61. The summed E-state index contributed by atoms with van der Waals surface area (Å²) in [5.41, 5.74) is 2.18. The van der Waals surface area contributed by atoms with Crippen molar-refractivity contribution >= 4 is 0 Å². The molecule has 0 radical (unpaired) electrons. The SMILES string of the molecule is Cc1nc(-c2ccncc2)c(C)c(=O)[nH]1. The molecule has 0 amide bonds. The minimum Gasteiger partial charge on any atom is -0.311 e. The van der Waals surface area contributed by atoms with Gasteiger partial charge < -0.3 is 4.98 Å². The third-order valence-corrected chi connectivity index (χ3v) is 2.22. The Morgan fingerprint density at radius 1 is 1.20 bits per heavy atom. The fraction of sp³-hybridized carbons (Fsp3) is 0.182. The Balaban J connectivity index is 2.68. The third kappa shape index (κ3) is 1.79. The molecule has 0 aliphatic heterocycles. The Bertz CT molecular complexity index is 531. The van der Waals surface area contributed by atoms with Gasteiger partial charge >= 0.3 is 0 Å². The first-order chi connectivity index (χ1) is 7.18. The van der Waals surface area contributed by atoms with Crippen LogP contribution in [0.1, 0.15) is 11.4 Å². The molecule has 0 aliphatic rings. The second-order valence-electron chi connectivity index (χ2n) is 3.36. The average Bonchev–Trinajstić information content (AvgIpc) is 2.24. The zero-order chi connectivity index (χ0) is 10.8. The highest BCUT2D eigenvalue weighted by molar-refractivity contribution is 5.61. The van der Waals surface area contributed by atoms with E-state index in [1.807, 2.05) is 12.1 Å². The number of hydrogen-bond acceptors (Lipinski definition) is 3. The molecular weight excluding hydrogens is 190 g/mol. The van der Waals surface area contributed by atoms with Gasteiger partial charge in [0.15, 0.2) is 0 Å². The molecule has 0 saturated carbocycles. The smallest absolute Gasteiger partial charge is 0.254 e. The van der Waals surface area contributed by atoms with E-state index < -0.39 is 0 Å². The van der Waals surface area contributed by atoms with Crippen molar-refractivity contribution in [1.29, 1.82) is 0 Å². The predicted octanol–water partition coefficient (Wildman–Crippen LogP) is 1.45. The molecule has 2 rings (SSSR count). The zero-order valence-corrected chi connectivity index (χ0v) is 8.61. The lowest BCUT2D eigenvalue weighted by Crippen LogP contribution is -2.14.